The molecule has 0 aromatic heterocycles. The number of hydrogen-bond donors (Lipinski definition) is 0. The fraction of sp³-hybridized carbons (Fsp3) is 0.793. The summed E-state index contributed by atoms with van der Waals surface area (Å²) in [4.78, 5) is 65.5. The SMILES string of the molecule is CCCCCCC1C=CC(CCCCCCCC(=O)OOC(=O)OC(C)C)CC1C(=O)OOC(=O)OC(C)C. The highest BCUT2D eigenvalue weighted by Crippen LogP contribution is 2.35. The van der Waals surface area contributed by atoms with E-state index >= 15 is 0 Å². The zero-order chi connectivity index (χ0) is 29.0. The second-order valence-electron chi connectivity index (χ2n) is 10.7. The summed E-state index contributed by atoms with van der Waals surface area (Å²) in [6, 6.07) is 0. The van der Waals surface area contributed by atoms with Crippen LogP contribution in [0.2, 0.25) is 0 Å². The highest BCUT2D eigenvalue weighted by Gasteiger charge is 2.34. The third-order valence-corrected chi connectivity index (χ3v) is 6.41. The van der Waals surface area contributed by atoms with Crippen molar-refractivity contribution in [1.82, 2.24) is 0 Å². The topological polar surface area (TPSA) is 124 Å². The lowest BCUT2D eigenvalue weighted by Crippen LogP contribution is -2.30. The molecule has 0 aromatic rings. The Balaban J connectivity index is 2.38. The number of allylic oxidation sites excluding steroid dienone is 2. The van der Waals surface area contributed by atoms with Crippen LogP contribution in [0.5, 0.6) is 0 Å². The second kappa shape index (κ2) is 20.2. The van der Waals surface area contributed by atoms with Crippen LogP contribution in [0, 0.1) is 17.8 Å². The zero-order valence-corrected chi connectivity index (χ0v) is 24.3. The lowest BCUT2D eigenvalue weighted by Gasteiger charge is -2.30. The number of ether oxygens (including phenoxy) is 2. The molecule has 3 unspecified atom stereocenters. The number of carbonyl (C=O) groups excluding carboxylic acids is 4. The van der Waals surface area contributed by atoms with Crippen LogP contribution in [-0.2, 0) is 38.6 Å². The van der Waals surface area contributed by atoms with Gasteiger partial charge < -0.3 is 9.47 Å². The Kier molecular flexibility index (Phi) is 17.7. The third-order valence-electron chi connectivity index (χ3n) is 6.41. The van der Waals surface area contributed by atoms with Crippen LogP contribution in [0.4, 0.5) is 9.59 Å². The largest absolute Gasteiger partial charge is 0.550 e. The molecule has 10 heteroatoms. The molecule has 224 valence electrons. The molecule has 0 aromatic carbocycles. The number of hydrogen-bond acceptors (Lipinski definition) is 10. The molecule has 0 saturated carbocycles. The first kappa shape index (κ1) is 34.2. The van der Waals surface area contributed by atoms with Crippen molar-refractivity contribution >= 4 is 24.2 Å². The summed E-state index contributed by atoms with van der Waals surface area (Å²) in [7, 11) is 0. The fourth-order valence-corrected chi connectivity index (χ4v) is 4.49. The van der Waals surface area contributed by atoms with Crippen LogP contribution in [0.25, 0.3) is 0 Å². The molecule has 39 heavy (non-hydrogen) atoms. The molecule has 0 amide bonds. The van der Waals surface area contributed by atoms with Crippen LogP contribution in [0.1, 0.15) is 118 Å². The quantitative estimate of drug-likeness (QED) is 0.0619. The summed E-state index contributed by atoms with van der Waals surface area (Å²) < 4.78 is 9.58. The Labute approximate surface area is 232 Å². The van der Waals surface area contributed by atoms with E-state index in [9.17, 15) is 19.2 Å². The molecule has 0 N–H and O–H groups in total. The summed E-state index contributed by atoms with van der Waals surface area (Å²) in [6.07, 6.45) is 13.1. The van der Waals surface area contributed by atoms with Crippen LogP contribution < -0.4 is 0 Å². The summed E-state index contributed by atoms with van der Waals surface area (Å²) in [6.45, 7) is 8.86. The van der Waals surface area contributed by atoms with E-state index < -0.39 is 24.2 Å². The van der Waals surface area contributed by atoms with Crippen LogP contribution in [0.3, 0.4) is 0 Å². The standard InChI is InChI=1S/C29H48O10/c1-6-7-8-13-16-24-19-18-23(20-25(24)27(31)37-39-29(33)35-22(4)5)15-12-10-9-11-14-17-26(30)36-38-28(32)34-21(2)3/h18-19,21-25H,6-17,20H2,1-5H3. The average molecular weight is 557 g/mol. The number of unbranched alkanes of at least 4 members (excludes halogenated alkanes) is 7. The first-order valence-electron chi connectivity index (χ1n) is 14.5. The van der Waals surface area contributed by atoms with Gasteiger partial charge in [0.1, 0.15) is 0 Å². The molecule has 0 radical (unpaired) electrons. The number of carbonyl (C=O) groups is 4. The Morgan fingerprint density at radius 2 is 1.26 bits per heavy atom. The van der Waals surface area contributed by atoms with Crippen molar-refractivity contribution in [3.8, 4) is 0 Å². The molecule has 0 fully saturated rings. The van der Waals surface area contributed by atoms with Gasteiger partial charge in [0.05, 0.1) is 24.5 Å². The summed E-state index contributed by atoms with van der Waals surface area (Å²) >= 11 is 0. The van der Waals surface area contributed by atoms with Gasteiger partial charge >= 0.3 is 24.2 Å². The summed E-state index contributed by atoms with van der Waals surface area (Å²) in [5, 5.41) is 0. The second-order valence-corrected chi connectivity index (χ2v) is 10.7. The van der Waals surface area contributed by atoms with Gasteiger partial charge in [0, 0.05) is 0 Å². The minimum atomic E-state index is -1.03. The molecule has 0 bridgehead atoms. The first-order valence-corrected chi connectivity index (χ1v) is 14.5. The van der Waals surface area contributed by atoms with Gasteiger partial charge in [0.2, 0.25) is 0 Å². The van der Waals surface area contributed by atoms with Crippen molar-refractivity contribution in [3.05, 3.63) is 12.2 Å². The molecule has 10 nitrogen and oxygen atoms in total. The van der Waals surface area contributed by atoms with Gasteiger partial charge in [-0.2, -0.15) is 9.59 Å². The molecule has 0 spiro atoms. The van der Waals surface area contributed by atoms with Gasteiger partial charge in [-0.3, -0.25) is 0 Å². The van der Waals surface area contributed by atoms with E-state index in [-0.39, 0.29) is 36.4 Å². The Hall–Kier alpha value is -2.78. The van der Waals surface area contributed by atoms with Gasteiger partial charge in [0.15, 0.2) is 0 Å². The Morgan fingerprint density at radius 3 is 1.90 bits per heavy atom. The number of rotatable bonds is 16. The maximum absolute atomic E-state index is 12.8. The summed E-state index contributed by atoms with van der Waals surface area (Å²) in [5.74, 6) is -1.19. The lowest BCUT2D eigenvalue weighted by atomic mass is 9.75. The van der Waals surface area contributed by atoms with Crippen molar-refractivity contribution in [2.75, 3.05) is 0 Å². The summed E-state index contributed by atoms with van der Waals surface area (Å²) in [5.41, 5.74) is 0. The van der Waals surface area contributed by atoms with Crippen LogP contribution in [0.15, 0.2) is 12.2 Å². The molecule has 3 atom stereocenters. The average Bonchev–Trinajstić information content (AvgIpc) is 2.87. The van der Waals surface area contributed by atoms with E-state index in [0.29, 0.717) is 12.8 Å². The maximum atomic E-state index is 12.8. The van der Waals surface area contributed by atoms with E-state index in [1.807, 2.05) is 0 Å². The fourth-order valence-electron chi connectivity index (χ4n) is 4.49. The minimum absolute atomic E-state index is 0.0614. The van der Waals surface area contributed by atoms with E-state index in [0.717, 1.165) is 57.8 Å². The lowest BCUT2D eigenvalue weighted by molar-refractivity contribution is -0.251. The van der Waals surface area contributed by atoms with Crippen molar-refractivity contribution in [2.24, 2.45) is 17.8 Å². The van der Waals surface area contributed by atoms with Crippen molar-refractivity contribution in [3.63, 3.8) is 0 Å². The van der Waals surface area contributed by atoms with Crippen molar-refractivity contribution in [2.45, 2.75) is 130 Å². The van der Waals surface area contributed by atoms with Crippen LogP contribution in [-0.4, -0.2) is 36.5 Å². The van der Waals surface area contributed by atoms with Gasteiger partial charge in [-0.25, -0.2) is 29.1 Å². The molecule has 0 aliphatic heterocycles. The molecular weight excluding hydrogens is 508 g/mol. The predicted octanol–water partition coefficient (Wildman–Crippen LogP) is 7.54. The van der Waals surface area contributed by atoms with Gasteiger partial charge in [-0.05, 0) is 65.2 Å². The van der Waals surface area contributed by atoms with Gasteiger partial charge in [-0.15, -0.1) is 0 Å². The van der Waals surface area contributed by atoms with E-state index in [4.69, 9.17) is 14.4 Å². The Morgan fingerprint density at radius 1 is 0.692 bits per heavy atom. The molecular formula is C29H48O10. The highest BCUT2D eigenvalue weighted by atomic mass is 17.2. The van der Waals surface area contributed by atoms with Crippen LogP contribution >= 0.6 is 0 Å². The molecule has 0 saturated heterocycles. The minimum Gasteiger partial charge on any atom is -0.429 e. The smallest absolute Gasteiger partial charge is 0.429 e. The van der Waals surface area contributed by atoms with Crippen molar-refractivity contribution in [1.29, 1.82) is 0 Å². The first-order chi connectivity index (χ1) is 18.6. The van der Waals surface area contributed by atoms with Gasteiger partial charge in [0.25, 0.3) is 0 Å². The van der Waals surface area contributed by atoms with E-state index in [1.54, 1.807) is 27.7 Å². The monoisotopic (exact) mass is 556 g/mol. The van der Waals surface area contributed by atoms with E-state index in [1.165, 1.54) is 6.42 Å². The van der Waals surface area contributed by atoms with Gasteiger partial charge in [-0.1, -0.05) is 70.4 Å². The van der Waals surface area contributed by atoms with Crippen molar-refractivity contribution < 1.29 is 48.2 Å². The Bertz CT molecular complexity index is 761. The zero-order valence-electron chi connectivity index (χ0n) is 24.3. The molecule has 1 rings (SSSR count). The highest BCUT2D eigenvalue weighted by molar-refractivity contribution is 5.74. The normalized spacial score (nSPS) is 18.5. The van der Waals surface area contributed by atoms with E-state index in [2.05, 4.69) is 33.7 Å². The molecule has 0 heterocycles. The molecule has 1 aliphatic carbocycles. The maximum Gasteiger partial charge on any atom is 0.550 e. The third kappa shape index (κ3) is 16.7. The molecule has 1 aliphatic rings. The predicted molar refractivity (Wildman–Crippen MR) is 143 cm³/mol.